The Hall–Kier alpha value is -6.97. The number of fused-ring (bicyclic) bond motifs is 5. The maximum absolute atomic E-state index is 14.2. The highest BCUT2D eigenvalue weighted by atomic mass is 19.4. The molecule has 0 radical (unpaired) electrons. The Morgan fingerprint density at radius 3 is 2.02 bits per heavy atom. The number of rotatable bonds is 13. The zero-order valence-corrected chi connectivity index (χ0v) is 33.3. The minimum Gasteiger partial charge on any atom is -0.492 e. The molecule has 5 rings (SSSR count). The number of benzene rings is 4. The van der Waals surface area contributed by atoms with E-state index in [1.807, 2.05) is 6.07 Å². The minimum atomic E-state index is -4.48. The smallest absolute Gasteiger partial charge is 0.416 e. The number of nitrogens with one attached hydrogen (secondary N) is 4. The topological polar surface area (TPSA) is 231 Å². The Balaban J connectivity index is 1.47. The van der Waals surface area contributed by atoms with Crippen molar-refractivity contribution in [1.29, 1.82) is 5.26 Å². The molecule has 1 aliphatic heterocycles. The van der Waals surface area contributed by atoms with Crippen molar-refractivity contribution in [2.45, 2.75) is 37.6 Å². The standard InChI is InChI=1S/C43H45F3N8O7/c1-25-39(56)53-34(41(58)50-18-15-47)22-26-3-13-35(60-19-16-48)32(21-26)33-23-30(10-14-36(33)61-20-17-49)38(42(59)52-25)54(2)37(55)24-51-40(57)29-6-4-27(5-7-29)28-8-11-31(12-9-28)43(44,45)46/h3-14,21,23,25,34,38H,16-20,22,24,48-49H2,1-2H3,(H,50,58)(H,51,57)(H,52,59)(H,53,56)/t25-,34?,38?/m0/s1. The van der Waals surface area contributed by atoms with E-state index in [0.717, 1.165) is 17.0 Å². The van der Waals surface area contributed by atoms with E-state index < -0.39 is 65.9 Å². The van der Waals surface area contributed by atoms with Gasteiger partial charge in [0.2, 0.25) is 23.6 Å². The van der Waals surface area contributed by atoms with Crippen LogP contribution in [0.5, 0.6) is 11.5 Å². The number of hydrogen-bond acceptors (Lipinski definition) is 10. The average Bonchev–Trinajstić information content (AvgIpc) is 3.25. The lowest BCUT2D eigenvalue weighted by molar-refractivity contribution is -0.139. The summed E-state index contributed by atoms with van der Waals surface area (Å²) in [4.78, 5) is 69.1. The zero-order chi connectivity index (χ0) is 44.3. The summed E-state index contributed by atoms with van der Waals surface area (Å²) in [6.07, 6.45) is -4.49. The van der Waals surface area contributed by atoms with Crippen molar-refractivity contribution in [2.24, 2.45) is 11.5 Å². The van der Waals surface area contributed by atoms with Crippen LogP contribution in [0, 0.1) is 11.3 Å². The molecule has 18 heteroatoms. The van der Waals surface area contributed by atoms with Crippen molar-refractivity contribution in [1.82, 2.24) is 26.2 Å². The molecule has 4 bridgehead atoms. The van der Waals surface area contributed by atoms with Crippen LogP contribution in [0.1, 0.15) is 40.0 Å². The highest BCUT2D eigenvalue weighted by molar-refractivity contribution is 5.98. The molecule has 2 unspecified atom stereocenters. The molecule has 4 aromatic rings. The maximum Gasteiger partial charge on any atom is 0.416 e. The number of halogens is 3. The average molecular weight is 843 g/mol. The molecule has 1 heterocycles. The molecule has 0 spiro atoms. The van der Waals surface area contributed by atoms with Gasteiger partial charge in [-0.05, 0) is 77.7 Å². The number of hydrogen-bond donors (Lipinski definition) is 6. The van der Waals surface area contributed by atoms with Crippen molar-refractivity contribution < 1.29 is 46.6 Å². The summed E-state index contributed by atoms with van der Waals surface area (Å²) in [5.41, 5.74) is 13.8. The predicted octanol–water partition coefficient (Wildman–Crippen LogP) is 2.83. The van der Waals surface area contributed by atoms with E-state index in [0.29, 0.717) is 44.9 Å². The molecule has 0 aliphatic carbocycles. The molecule has 61 heavy (non-hydrogen) atoms. The van der Waals surface area contributed by atoms with Crippen LogP contribution in [0.25, 0.3) is 22.3 Å². The van der Waals surface area contributed by atoms with Crippen LogP contribution < -0.4 is 42.2 Å². The third-order valence-electron chi connectivity index (χ3n) is 9.69. The van der Waals surface area contributed by atoms with Crippen LogP contribution in [0.3, 0.4) is 0 Å². The highest BCUT2D eigenvalue weighted by Gasteiger charge is 2.34. The first-order chi connectivity index (χ1) is 29.1. The van der Waals surface area contributed by atoms with E-state index >= 15 is 0 Å². The Morgan fingerprint density at radius 2 is 1.43 bits per heavy atom. The summed E-state index contributed by atoms with van der Waals surface area (Å²) in [5.74, 6) is -2.74. The first kappa shape index (κ1) is 45.1. The lowest BCUT2D eigenvalue weighted by Gasteiger charge is -2.30. The first-order valence-corrected chi connectivity index (χ1v) is 19.1. The lowest BCUT2D eigenvalue weighted by Crippen LogP contribution is -2.55. The fraction of sp³-hybridized carbons (Fsp3) is 0.302. The summed E-state index contributed by atoms with van der Waals surface area (Å²) < 4.78 is 51.1. The van der Waals surface area contributed by atoms with E-state index in [1.54, 1.807) is 48.5 Å². The van der Waals surface area contributed by atoms with Crippen molar-refractivity contribution in [3.63, 3.8) is 0 Å². The Kier molecular flexibility index (Phi) is 15.0. The Morgan fingerprint density at radius 1 is 0.836 bits per heavy atom. The molecule has 320 valence electrons. The van der Waals surface area contributed by atoms with Gasteiger partial charge in [-0.1, -0.05) is 36.4 Å². The van der Waals surface area contributed by atoms with Gasteiger partial charge >= 0.3 is 6.18 Å². The number of carbonyl (C=O) groups is 5. The summed E-state index contributed by atoms with van der Waals surface area (Å²) in [7, 11) is 1.36. The minimum absolute atomic E-state index is 0.0125. The molecule has 0 saturated carbocycles. The van der Waals surface area contributed by atoms with Crippen molar-refractivity contribution in [3.05, 3.63) is 107 Å². The molecule has 4 aromatic carbocycles. The monoisotopic (exact) mass is 842 g/mol. The number of carbonyl (C=O) groups excluding carboxylic acids is 5. The molecule has 8 N–H and O–H groups in total. The van der Waals surface area contributed by atoms with Gasteiger partial charge in [-0.2, -0.15) is 18.4 Å². The van der Waals surface area contributed by atoms with Crippen molar-refractivity contribution in [2.75, 3.05) is 46.4 Å². The number of nitriles is 1. The maximum atomic E-state index is 14.2. The predicted molar refractivity (Wildman–Crippen MR) is 218 cm³/mol. The van der Waals surface area contributed by atoms with Crippen LogP contribution in [-0.2, 0) is 31.8 Å². The highest BCUT2D eigenvalue weighted by Crippen LogP contribution is 2.40. The fourth-order valence-electron chi connectivity index (χ4n) is 6.52. The molecule has 3 atom stereocenters. The van der Waals surface area contributed by atoms with Gasteiger partial charge in [0, 0.05) is 43.2 Å². The van der Waals surface area contributed by atoms with Gasteiger partial charge in [0.1, 0.15) is 49.4 Å². The van der Waals surface area contributed by atoms with Gasteiger partial charge in [0.15, 0.2) is 0 Å². The molecular weight excluding hydrogens is 798 g/mol. The van der Waals surface area contributed by atoms with E-state index in [2.05, 4.69) is 21.3 Å². The summed E-state index contributed by atoms with van der Waals surface area (Å²) in [6, 6.07) is 18.6. The molecule has 0 fully saturated rings. The second-order valence-electron chi connectivity index (χ2n) is 14.0. The van der Waals surface area contributed by atoms with Gasteiger partial charge in [-0.25, -0.2) is 0 Å². The van der Waals surface area contributed by atoms with Crippen LogP contribution >= 0.6 is 0 Å². The Bertz CT molecular complexity index is 2280. The van der Waals surface area contributed by atoms with E-state index in [1.165, 1.54) is 38.2 Å². The summed E-state index contributed by atoms with van der Waals surface area (Å²) in [6.45, 7) is 1.14. The third-order valence-corrected chi connectivity index (χ3v) is 9.69. The summed E-state index contributed by atoms with van der Waals surface area (Å²) in [5, 5.41) is 19.4. The van der Waals surface area contributed by atoms with E-state index in [-0.39, 0.29) is 44.8 Å². The van der Waals surface area contributed by atoms with Crippen LogP contribution in [0.4, 0.5) is 13.2 Å². The fourth-order valence-corrected chi connectivity index (χ4v) is 6.52. The third kappa shape index (κ3) is 11.4. The lowest BCUT2D eigenvalue weighted by atomic mass is 9.93. The number of nitrogens with zero attached hydrogens (tertiary/aromatic N) is 2. The largest absolute Gasteiger partial charge is 0.492 e. The van der Waals surface area contributed by atoms with Gasteiger partial charge < -0.3 is 47.1 Å². The number of nitrogens with two attached hydrogens (primary N) is 2. The number of amides is 5. The molecule has 5 amide bonds. The first-order valence-electron chi connectivity index (χ1n) is 19.1. The van der Waals surface area contributed by atoms with Gasteiger partial charge in [0.25, 0.3) is 5.91 Å². The van der Waals surface area contributed by atoms with Crippen LogP contribution in [0.15, 0.2) is 84.9 Å². The Labute approximate surface area is 349 Å². The molecule has 0 saturated heterocycles. The summed E-state index contributed by atoms with van der Waals surface area (Å²) >= 11 is 0. The van der Waals surface area contributed by atoms with Gasteiger partial charge in [-0.15, -0.1) is 0 Å². The SMILES string of the molecule is C[C@@H]1NC(=O)C(N(C)C(=O)CNC(=O)c2ccc(-c3ccc(C(F)(F)F)cc3)cc2)c2ccc(OCCN)c(c2)-c2cc(ccc2OCCN)CC(C(=O)NCC#N)NC1=O. The second kappa shape index (κ2) is 20.3. The quantitative estimate of drug-likeness (QED) is 0.108. The molecule has 0 aromatic heterocycles. The number of alkyl halides is 3. The van der Waals surface area contributed by atoms with Gasteiger partial charge in [-0.3, -0.25) is 24.0 Å². The molecule has 1 aliphatic rings. The molecule has 15 nitrogen and oxygen atoms in total. The van der Waals surface area contributed by atoms with E-state index in [9.17, 15) is 37.1 Å². The number of likely N-dealkylation sites (N-methyl/N-ethyl adjacent to an activating group) is 1. The van der Waals surface area contributed by atoms with Crippen LogP contribution in [0.2, 0.25) is 0 Å². The normalized spacial score (nSPS) is 16.5. The number of ether oxygens (including phenoxy) is 2. The van der Waals surface area contributed by atoms with Crippen molar-refractivity contribution >= 4 is 29.5 Å². The van der Waals surface area contributed by atoms with E-state index in [4.69, 9.17) is 26.2 Å². The van der Waals surface area contributed by atoms with Crippen LogP contribution in [-0.4, -0.2) is 93.0 Å². The molecular formula is C43H45F3N8O7. The second-order valence-corrected chi connectivity index (χ2v) is 14.0. The van der Waals surface area contributed by atoms with Gasteiger partial charge in [0.05, 0.1) is 18.2 Å². The van der Waals surface area contributed by atoms with Crippen molar-refractivity contribution in [3.8, 4) is 39.8 Å². The zero-order valence-electron chi connectivity index (χ0n) is 33.3.